The van der Waals surface area contributed by atoms with E-state index in [2.05, 4.69) is 9.72 Å². The quantitative estimate of drug-likeness (QED) is 0.763. The summed E-state index contributed by atoms with van der Waals surface area (Å²) < 4.78 is 17.7. The van der Waals surface area contributed by atoms with E-state index in [0.29, 0.717) is 0 Å². The molecule has 0 spiro atoms. The Hall–Kier alpha value is -1.49. The van der Waals surface area contributed by atoms with Crippen LogP contribution in [0.1, 0.15) is 25.0 Å². The summed E-state index contributed by atoms with van der Waals surface area (Å²) >= 11 is 0. The fourth-order valence-corrected chi connectivity index (χ4v) is 1.14. The third-order valence-electron chi connectivity index (χ3n) is 1.83. The number of aromatic nitrogens is 1. The number of hydrogen-bond acceptors (Lipinski definition) is 4. The first-order valence-corrected chi connectivity index (χ1v) is 4.58. The molecule has 0 radical (unpaired) electrons. The fraction of sp³-hybridized carbons (Fsp3) is 0.400. The van der Waals surface area contributed by atoms with Gasteiger partial charge in [0, 0.05) is 11.8 Å². The lowest BCUT2D eigenvalue weighted by Gasteiger charge is -2.10. The van der Waals surface area contributed by atoms with Crippen molar-refractivity contribution >= 4 is 5.97 Å². The van der Waals surface area contributed by atoms with Gasteiger partial charge >= 0.3 is 5.97 Å². The van der Waals surface area contributed by atoms with Gasteiger partial charge in [0.05, 0.1) is 25.3 Å². The van der Waals surface area contributed by atoms with Gasteiger partial charge in [-0.05, 0) is 13.0 Å². The Morgan fingerprint density at radius 3 is 3.07 bits per heavy atom. The van der Waals surface area contributed by atoms with E-state index in [1.165, 1.54) is 12.3 Å². The maximum Gasteiger partial charge on any atom is 0.308 e. The zero-order valence-corrected chi connectivity index (χ0v) is 8.31. The molecule has 1 aromatic rings. The number of aliphatic hydroxyl groups excluding tert-OH is 1. The largest absolute Gasteiger partial charge is 0.466 e. The van der Waals surface area contributed by atoms with E-state index < -0.39 is 17.9 Å². The highest BCUT2D eigenvalue weighted by Crippen LogP contribution is 2.19. The van der Waals surface area contributed by atoms with Gasteiger partial charge in [0.15, 0.2) is 0 Å². The van der Waals surface area contributed by atoms with E-state index in [9.17, 15) is 14.3 Å². The monoisotopic (exact) mass is 213 g/mol. The van der Waals surface area contributed by atoms with Crippen LogP contribution in [0, 0.1) is 5.82 Å². The molecule has 1 N–H and O–H groups in total. The van der Waals surface area contributed by atoms with E-state index >= 15 is 0 Å². The van der Waals surface area contributed by atoms with Crippen molar-refractivity contribution in [2.75, 3.05) is 6.61 Å². The summed E-state index contributed by atoms with van der Waals surface area (Å²) in [6.07, 6.45) is 0.901. The lowest BCUT2D eigenvalue weighted by atomic mass is 10.1. The number of halogens is 1. The van der Waals surface area contributed by atoms with Gasteiger partial charge in [-0.1, -0.05) is 0 Å². The number of pyridine rings is 1. The average molecular weight is 213 g/mol. The van der Waals surface area contributed by atoms with Gasteiger partial charge in [0.2, 0.25) is 0 Å². The Balaban J connectivity index is 2.65. The van der Waals surface area contributed by atoms with Gasteiger partial charge in [-0.15, -0.1) is 0 Å². The predicted molar refractivity (Wildman–Crippen MR) is 50.4 cm³/mol. The van der Waals surface area contributed by atoms with Crippen LogP contribution in [0.15, 0.2) is 18.5 Å². The van der Waals surface area contributed by atoms with Crippen LogP contribution in [0.4, 0.5) is 4.39 Å². The summed E-state index contributed by atoms with van der Waals surface area (Å²) in [6, 6.07) is 1.33. The molecule has 1 heterocycles. The molecule has 0 fully saturated rings. The van der Waals surface area contributed by atoms with Crippen molar-refractivity contribution in [3.05, 3.63) is 29.8 Å². The first-order chi connectivity index (χ1) is 7.15. The van der Waals surface area contributed by atoms with Gasteiger partial charge in [0.25, 0.3) is 0 Å². The molecular formula is C10H12FNO3. The highest BCUT2D eigenvalue weighted by atomic mass is 19.1. The number of hydrogen-bond donors (Lipinski definition) is 1. The van der Waals surface area contributed by atoms with Gasteiger partial charge in [-0.2, -0.15) is 0 Å². The second-order valence-corrected chi connectivity index (χ2v) is 2.92. The van der Waals surface area contributed by atoms with Crippen molar-refractivity contribution in [2.24, 2.45) is 0 Å². The van der Waals surface area contributed by atoms with Crippen LogP contribution in [0.25, 0.3) is 0 Å². The Labute approximate surface area is 86.7 Å². The SMILES string of the molecule is CCOC(=O)CC(O)c1ccncc1F. The predicted octanol–water partition coefficient (Wildman–Crippen LogP) is 1.21. The van der Waals surface area contributed by atoms with E-state index in [1.54, 1.807) is 6.92 Å². The Morgan fingerprint density at radius 2 is 2.47 bits per heavy atom. The van der Waals surface area contributed by atoms with Crippen LogP contribution in [-0.4, -0.2) is 22.7 Å². The minimum Gasteiger partial charge on any atom is -0.466 e. The van der Waals surface area contributed by atoms with Crippen LogP contribution in [0.2, 0.25) is 0 Å². The van der Waals surface area contributed by atoms with Crippen molar-refractivity contribution in [1.29, 1.82) is 0 Å². The molecule has 0 aliphatic rings. The molecule has 15 heavy (non-hydrogen) atoms. The van der Waals surface area contributed by atoms with Crippen LogP contribution < -0.4 is 0 Å². The summed E-state index contributed by atoms with van der Waals surface area (Å²) in [7, 11) is 0. The molecule has 0 saturated heterocycles. The summed E-state index contributed by atoms with van der Waals surface area (Å²) in [5.74, 6) is -1.18. The van der Waals surface area contributed by atoms with Crippen molar-refractivity contribution in [1.82, 2.24) is 4.98 Å². The molecule has 0 aliphatic heterocycles. The molecule has 1 aromatic heterocycles. The number of rotatable bonds is 4. The molecule has 82 valence electrons. The first kappa shape index (κ1) is 11.6. The lowest BCUT2D eigenvalue weighted by molar-refractivity contribution is -0.145. The maximum atomic E-state index is 13.1. The third kappa shape index (κ3) is 3.28. The van der Waals surface area contributed by atoms with E-state index in [1.807, 2.05) is 0 Å². The molecule has 5 heteroatoms. The number of carbonyl (C=O) groups is 1. The van der Waals surface area contributed by atoms with Gasteiger partial charge in [0.1, 0.15) is 5.82 Å². The summed E-state index contributed by atoms with van der Waals surface area (Å²) in [5.41, 5.74) is 0.0538. The second kappa shape index (κ2) is 5.41. The Kier molecular flexibility index (Phi) is 4.17. The molecule has 0 aliphatic carbocycles. The molecule has 1 atom stereocenters. The molecular weight excluding hydrogens is 201 g/mol. The van der Waals surface area contributed by atoms with Crippen LogP contribution in [0.5, 0.6) is 0 Å². The number of nitrogens with zero attached hydrogens (tertiary/aromatic N) is 1. The fourth-order valence-electron chi connectivity index (χ4n) is 1.14. The summed E-state index contributed by atoms with van der Waals surface area (Å²) in [5, 5.41) is 9.53. The van der Waals surface area contributed by atoms with Crippen molar-refractivity contribution in [3.8, 4) is 0 Å². The molecule has 1 rings (SSSR count). The summed E-state index contributed by atoms with van der Waals surface area (Å²) in [6.45, 7) is 1.90. The van der Waals surface area contributed by atoms with Gasteiger partial charge in [-0.25, -0.2) is 4.39 Å². The van der Waals surface area contributed by atoms with Crippen molar-refractivity contribution in [3.63, 3.8) is 0 Å². The van der Waals surface area contributed by atoms with Crippen LogP contribution in [0.3, 0.4) is 0 Å². The standard InChI is InChI=1S/C10H12FNO3/c1-2-15-10(14)5-9(13)7-3-4-12-6-8(7)11/h3-4,6,9,13H,2,5H2,1H3. The minimum absolute atomic E-state index is 0.0538. The maximum absolute atomic E-state index is 13.1. The zero-order chi connectivity index (χ0) is 11.3. The zero-order valence-electron chi connectivity index (χ0n) is 8.31. The second-order valence-electron chi connectivity index (χ2n) is 2.92. The van der Waals surface area contributed by atoms with Crippen molar-refractivity contribution in [2.45, 2.75) is 19.4 Å². The van der Waals surface area contributed by atoms with Crippen LogP contribution >= 0.6 is 0 Å². The number of esters is 1. The van der Waals surface area contributed by atoms with E-state index in [-0.39, 0.29) is 18.6 Å². The van der Waals surface area contributed by atoms with Crippen molar-refractivity contribution < 1.29 is 19.0 Å². The normalized spacial score (nSPS) is 12.2. The minimum atomic E-state index is -1.19. The third-order valence-corrected chi connectivity index (χ3v) is 1.83. The number of aliphatic hydroxyl groups is 1. The molecule has 1 unspecified atom stereocenters. The number of carbonyl (C=O) groups excluding carboxylic acids is 1. The average Bonchev–Trinajstić information content (AvgIpc) is 2.18. The molecule has 0 aromatic carbocycles. The van der Waals surface area contributed by atoms with Crippen LogP contribution in [-0.2, 0) is 9.53 Å². The Morgan fingerprint density at radius 1 is 1.73 bits per heavy atom. The molecule has 4 nitrogen and oxygen atoms in total. The highest BCUT2D eigenvalue weighted by Gasteiger charge is 2.16. The molecule has 0 saturated carbocycles. The Bertz CT molecular complexity index is 343. The van der Waals surface area contributed by atoms with E-state index in [0.717, 1.165) is 6.20 Å². The van der Waals surface area contributed by atoms with Gasteiger partial charge < -0.3 is 9.84 Å². The smallest absolute Gasteiger partial charge is 0.308 e. The first-order valence-electron chi connectivity index (χ1n) is 4.58. The highest BCUT2D eigenvalue weighted by molar-refractivity contribution is 5.70. The topological polar surface area (TPSA) is 59.4 Å². The van der Waals surface area contributed by atoms with Gasteiger partial charge in [-0.3, -0.25) is 9.78 Å². The molecule has 0 bridgehead atoms. The molecule has 0 amide bonds. The summed E-state index contributed by atoms with van der Waals surface area (Å²) in [4.78, 5) is 14.6. The number of ether oxygens (including phenoxy) is 1. The lowest BCUT2D eigenvalue weighted by Crippen LogP contribution is -2.11. The van der Waals surface area contributed by atoms with E-state index in [4.69, 9.17) is 0 Å².